The maximum absolute atomic E-state index is 11.8. The second-order valence-electron chi connectivity index (χ2n) is 3.98. The molecule has 1 aromatic heterocycles. The van der Waals surface area contributed by atoms with E-state index in [0.717, 1.165) is 38.4 Å². The van der Waals surface area contributed by atoms with Gasteiger partial charge in [0.05, 0.1) is 6.54 Å². The van der Waals surface area contributed by atoms with E-state index >= 15 is 0 Å². The Kier molecular flexibility index (Phi) is 3.44. The van der Waals surface area contributed by atoms with Gasteiger partial charge in [0.1, 0.15) is 0 Å². The standard InChI is InChI=1S/C11H18N4O/c1-2-14-8-5-12-11(14)13-9-10(16)15-6-3-4-7-15/h5,8H,2-4,6-7,9H2,1H3,(H,12,13). The number of aryl methyl sites for hydroxylation is 1. The first-order valence-electron chi connectivity index (χ1n) is 5.84. The largest absolute Gasteiger partial charge is 0.347 e. The minimum Gasteiger partial charge on any atom is -0.347 e. The summed E-state index contributed by atoms with van der Waals surface area (Å²) in [5.41, 5.74) is 0. The highest BCUT2D eigenvalue weighted by Crippen LogP contribution is 2.08. The molecule has 1 N–H and O–H groups in total. The lowest BCUT2D eigenvalue weighted by atomic mass is 10.4. The van der Waals surface area contributed by atoms with Crippen molar-refractivity contribution in [1.82, 2.24) is 14.5 Å². The van der Waals surface area contributed by atoms with Gasteiger partial charge in [-0.25, -0.2) is 4.98 Å². The molecule has 1 aliphatic heterocycles. The van der Waals surface area contributed by atoms with E-state index in [2.05, 4.69) is 17.2 Å². The maximum atomic E-state index is 11.8. The Hall–Kier alpha value is -1.52. The zero-order chi connectivity index (χ0) is 11.4. The molecule has 0 unspecified atom stereocenters. The van der Waals surface area contributed by atoms with Crippen molar-refractivity contribution in [3.8, 4) is 0 Å². The summed E-state index contributed by atoms with van der Waals surface area (Å²) in [7, 11) is 0. The van der Waals surface area contributed by atoms with E-state index in [1.807, 2.05) is 15.7 Å². The van der Waals surface area contributed by atoms with Gasteiger partial charge in [0.2, 0.25) is 11.9 Å². The van der Waals surface area contributed by atoms with E-state index in [-0.39, 0.29) is 5.91 Å². The first-order chi connectivity index (χ1) is 7.81. The quantitative estimate of drug-likeness (QED) is 0.824. The first-order valence-corrected chi connectivity index (χ1v) is 5.84. The van der Waals surface area contributed by atoms with Gasteiger partial charge in [0.25, 0.3) is 0 Å². The smallest absolute Gasteiger partial charge is 0.241 e. The molecule has 5 heteroatoms. The van der Waals surface area contributed by atoms with Crippen molar-refractivity contribution >= 4 is 11.9 Å². The molecule has 1 fully saturated rings. The summed E-state index contributed by atoms with van der Waals surface area (Å²) < 4.78 is 1.98. The van der Waals surface area contributed by atoms with Crippen LogP contribution in [0.25, 0.3) is 0 Å². The van der Waals surface area contributed by atoms with Crippen LogP contribution in [0.5, 0.6) is 0 Å². The van der Waals surface area contributed by atoms with Crippen molar-refractivity contribution in [1.29, 1.82) is 0 Å². The van der Waals surface area contributed by atoms with Gasteiger partial charge in [0, 0.05) is 32.0 Å². The highest BCUT2D eigenvalue weighted by atomic mass is 16.2. The molecule has 1 amide bonds. The number of amides is 1. The van der Waals surface area contributed by atoms with Gasteiger partial charge in [-0.05, 0) is 19.8 Å². The zero-order valence-electron chi connectivity index (χ0n) is 9.65. The van der Waals surface area contributed by atoms with Crippen LogP contribution in [0.1, 0.15) is 19.8 Å². The lowest BCUT2D eigenvalue weighted by Crippen LogP contribution is -2.33. The number of likely N-dealkylation sites (tertiary alicyclic amines) is 1. The number of aromatic nitrogens is 2. The molecule has 2 heterocycles. The van der Waals surface area contributed by atoms with Crippen molar-refractivity contribution in [3.63, 3.8) is 0 Å². The highest BCUT2D eigenvalue weighted by molar-refractivity contribution is 5.80. The fourth-order valence-electron chi connectivity index (χ4n) is 1.96. The predicted octanol–water partition coefficient (Wildman–Crippen LogP) is 0.937. The van der Waals surface area contributed by atoms with Gasteiger partial charge in [-0.2, -0.15) is 0 Å². The second-order valence-corrected chi connectivity index (χ2v) is 3.98. The molecule has 0 atom stereocenters. The summed E-state index contributed by atoms with van der Waals surface area (Å²) in [6, 6.07) is 0. The lowest BCUT2D eigenvalue weighted by molar-refractivity contribution is -0.128. The third-order valence-corrected chi connectivity index (χ3v) is 2.91. The molecule has 0 radical (unpaired) electrons. The molecule has 5 nitrogen and oxygen atoms in total. The van der Waals surface area contributed by atoms with Crippen molar-refractivity contribution in [2.24, 2.45) is 0 Å². The molecular formula is C11H18N4O. The molecule has 1 saturated heterocycles. The number of hydrogen-bond donors (Lipinski definition) is 1. The maximum Gasteiger partial charge on any atom is 0.241 e. The average Bonchev–Trinajstić information content (AvgIpc) is 2.96. The second kappa shape index (κ2) is 5.01. The molecule has 1 aliphatic rings. The monoisotopic (exact) mass is 222 g/mol. The van der Waals surface area contributed by atoms with E-state index in [1.54, 1.807) is 6.20 Å². The van der Waals surface area contributed by atoms with E-state index in [0.29, 0.717) is 6.54 Å². The number of nitrogens with zero attached hydrogens (tertiary/aromatic N) is 3. The first kappa shape index (κ1) is 11.0. The Balaban J connectivity index is 1.84. The number of carbonyl (C=O) groups is 1. The highest BCUT2D eigenvalue weighted by Gasteiger charge is 2.17. The summed E-state index contributed by atoms with van der Waals surface area (Å²) in [5.74, 6) is 0.943. The topological polar surface area (TPSA) is 50.2 Å². The molecule has 0 aromatic carbocycles. The summed E-state index contributed by atoms with van der Waals surface area (Å²) in [6.07, 6.45) is 5.92. The normalized spacial score (nSPS) is 15.4. The molecule has 16 heavy (non-hydrogen) atoms. The van der Waals surface area contributed by atoms with Crippen LogP contribution >= 0.6 is 0 Å². The van der Waals surface area contributed by atoms with Crippen LogP contribution in [-0.4, -0.2) is 40.0 Å². The van der Waals surface area contributed by atoms with Crippen LogP contribution < -0.4 is 5.32 Å². The van der Waals surface area contributed by atoms with Gasteiger partial charge >= 0.3 is 0 Å². The Bertz CT molecular complexity index is 355. The minimum atomic E-state index is 0.170. The third-order valence-electron chi connectivity index (χ3n) is 2.91. The number of anilines is 1. The van der Waals surface area contributed by atoms with E-state index < -0.39 is 0 Å². The molecular weight excluding hydrogens is 204 g/mol. The molecule has 1 aromatic rings. The fraction of sp³-hybridized carbons (Fsp3) is 0.636. The molecule has 0 saturated carbocycles. The molecule has 88 valence electrons. The molecule has 0 spiro atoms. The van der Waals surface area contributed by atoms with Gasteiger partial charge in [-0.1, -0.05) is 0 Å². The van der Waals surface area contributed by atoms with E-state index in [9.17, 15) is 4.79 Å². The van der Waals surface area contributed by atoms with Crippen molar-refractivity contribution in [2.75, 3.05) is 25.0 Å². The number of hydrogen-bond acceptors (Lipinski definition) is 3. The Morgan fingerprint density at radius 2 is 2.25 bits per heavy atom. The van der Waals surface area contributed by atoms with E-state index in [4.69, 9.17) is 0 Å². The summed E-state index contributed by atoms with van der Waals surface area (Å²) in [6.45, 7) is 5.07. The Labute approximate surface area is 95.5 Å². The lowest BCUT2D eigenvalue weighted by Gasteiger charge is -2.15. The Morgan fingerprint density at radius 1 is 1.50 bits per heavy atom. The molecule has 0 bridgehead atoms. The van der Waals surface area contributed by atoms with Gasteiger partial charge in [-0.3, -0.25) is 4.79 Å². The van der Waals surface area contributed by atoms with Crippen LogP contribution in [0.4, 0.5) is 5.95 Å². The summed E-state index contributed by atoms with van der Waals surface area (Å²) in [4.78, 5) is 17.8. The number of rotatable bonds is 4. The predicted molar refractivity (Wildman–Crippen MR) is 62.2 cm³/mol. The van der Waals surface area contributed by atoms with Gasteiger partial charge in [-0.15, -0.1) is 0 Å². The number of nitrogens with one attached hydrogen (secondary N) is 1. The SMILES string of the molecule is CCn1ccnc1NCC(=O)N1CCCC1. The number of carbonyl (C=O) groups excluding carboxylic acids is 1. The van der Waals surface area contributed by atoms with Crippen molar-refractivity contribution in [2.45, 2.75) is 26.3 Å². The molecule has 0 aliphatic carbocycles. The van der Waals surface area contributed by atoms with Gasteiger partial charge in [0.15, 0.2) is 0 Å². The zero-order valence-corrected chi connectivity index (χ0v) is 9.65. The van der Waals surface area contributed by atoms with Crippen LogP contribution in [0.15, 0.2) is 12.4 Å². The van der Waals surface area contributed by atoms with Crippen molar-refractivity contribution in [3.05, 3.63) is 12.4 Å². The van der Waals surface area contributed by atoms with Crippen LogP contribution in [0, 0.1) is 0 Å². The number of imidazole rings is 1. The van der Waals surface area contributed by atoms with Crippen molar-refractivity contribution < 1.29 is 4.79 Å². The molecule has 2 rings (SSSR count). The Morgan fingerprint density at radius 3 is 2.94 bits per heavy atom. The van der Waals surface area contributed by atoms with Crippen LogP contribution in [0.2, 0.25) is 0 Å². The third kappa shape index (κ3) is 2.35. The van der Waals surface area contributed by atoms with E-state index in [1.165, 1.54) is 0 Å². The average molecular weight is 222 g/mol. The van der Waals surface area contributed by atoms with Crippen LogP contribution in [0.3, 0.4) is 0 Å². The summed E-state index contributed by atoms with van der Waals surface area (Å²) >= 11 is 0. The van der Waals surface area contributed by atoms with Crippen LogP contribution in [-0.2, 0) is 11.3 Å². The minimum absolute atomic E-state index is 0.170. The van der Waals surface area contributed by atoms with Gasteiger partial charge < -0.3 is 14.8 Å². The fourth-order valence-corrected chi connectivity index (χ4v) is 1.96. The summed E-state index contributed by atoms with van der Waals surface area (Å²) in [5, 5.41) is 3.08.